The molecule has 2 nitrogen and oxygen atoms in total. The summed E-state index contributed by atoms with van der Waals surface area (Å²) in [4.78, 5) is 4.28. The van der Waals surface area contributed by atoms with Crippen molar-refractivity contribution in [2.45, 2.75) is 29.5 Å². The molecule has 0 saturated heterocycles. The van der Waals surface area contributed by atoms with Crippen molar-refractivity contribution < 1.29 is 0 Å². The highest BCUT2D eigenvalue weighted by Gasteiger charge is 2.10. The van der Waals surface area contributed by atoms with E-state index in [9.17, 15) is 0 Å². The maximum Gasteiger partial charge on any atom is 0.0967 e. The number of hydrogen-bond acceptors (Lipinski definition) is 3. The van der Waals surface area contributed by atoms with Crippen LogP contribution in [0.25, 0.3) is 0 Å². The van der Waals surface area contributed by atoms with Crippen molar-refractivity contribution in [3.8, 4) is 0 Å². The first kappa shape index (κ1) is 9.59. The highest BCUT2D eigenvalue weighted by Crippen LogP contribution is 2.28. The molecule has 1 aromatic rings. The van der Waals surface area contributed by atoms with Crippen molar-refractivity contribution in [1.82, 2.24) is 4.98 Å². The third-order valence-electron chi connectivity index (χ3n) is 2.24. The van der Waals surface area contributed by atoms with Crippen LogP contribution in [-0.2, 0) is 0 Å². The molecule has 1 aliphatic rings. The summed E-state index contributed by atoms with van der Waals surface area (Å²) >= 11 is 1.82. The molecule has 74 valence electrons. The van der Waals surface area contributed by atoms with Crippen molar-refractivity contribution in [3.63, 3.8) is 0 Å². The van der Waals surface area contributed by atoms with Crippen LogP contribution in [0.3, 0.4) is 0 Å². The fourth-order valence-electron chi connectivity index (χ4n) is 1.50. The van der Waals surface area contributed by atoms with Crippen LogP contribution in [0.15, 0.2) is 35.5 Å². The summed E-state index contributed by atoms with van der Waals surface area (Å²) in [6, 6.07) is 3.89. The lowest BCUT2D eigenvalue weighted by Crippen LogP contribution is -2.02. The van der Waals surface area contributed by atoms with Gasteiger partial charge in [0.1, 0.15) is 0 Å². The van der Waals surface area contributed by atoms with Gasteiger partial charge in [0.2, 0.25) is 0 Å². The third-order valence-corrected chi connectivity index (χ3v) is 3.42. The predicted molar refractivity (Wildman–Crippen MR) is 61.3 cm³/mol. The van der Waals surface area contributed by atoms with Crippen LogP contribution in [0.4, 0.5) is 5.69 Å². The Morgan fingerprint density at radius 1 is 1.43 bits per heavy atom. The molecule has 0 radical (unpaired) electrons. The number of allylic oxidation sites excluding steroid dienone is 1. The Morgan fingerprint density at radius 2 is 2.36 bits per heavy atom. The van der Waals surface area contributed by atoms with Gasteiger partial charge in [-0.2, -0.15) is 0 Å². The minimum atomic E-state index is 0.597. The standard InChI is InChI=1S/C11H14N2S/c12-9-6-7-11(13-8-9)14-10-4-2-1-3-5-10/h2,4,6-8,10H,1,3,5,12H2. The average molecular weight is 206 g/mol. The summed E-state index contributed by atoms with van der Waals surface area (Å²) in [5.74, 6) is 0. The van der Waals surface area contributed by atoms with Crippen LogP contribution in [0.5, 0.6) is 0 Å². The van der Waals surface area contributed by atoms with Crippen LogP contribution in [0.1, 0.15) is 19.3 Å². The molecule has 2 N–H and O–H groups in total. The predicted octanol–water partition coefficient (Wildman–Crippen LogP) is 2.86. The number of anilines is 1. The molecule has 1 unspecified atom stereocenters. The normalized spacial score (nSPS) is 21.0. The van der Waals surface area contributed by atoms with Crippen molar-refractivity contribution in [3.05, 3.63) is 30.5 Å². The first-order valence-corrected chi connectivity index (χ1v) is 5.77. The van der Waals surface area contributed by atoms with Gasteiger partial charge < -0.3 is 5.73 Å². The summed E-state index contributed by atoms with van der Waals surface area (Å²) in [5, 5.41) is 1.66. The molecular formula is C11H14N2S. The molecule has 1 aliphatic carbocycles. The number of nitrogens with zero attached hydrogens (tertiary/aromatic N) is 1. The zero-order chi connectivity index (χ0) is 9.80. The minimum absolute atomic E-state index is 0.597. The van der Waals surface area contributed by atoms with Gasteiger partial charge in [0.15, 0.2) is 0 Å². The molecule has 0 amide bonds. The topological polar surface area (TPSA) is 38.9 Å². The van der Waals surface area contributed by atoms with E-state index < -0.39 is 0 Å². The van der Waals surface area contributed by atoms with Crippen LogP contribution in [0.2, 0.25) is 0 Å². The zero-order valence-corrected chi connectivity index (χ0v) is 8.83. The van der Waals surface area contributed by atoms with Crippen molar-refractivity contribution in [1.29, 1.82) is 0 Å². The van der Waals surface area contributed by atoms with Crippen LogP contribution in [-0.4, -0.2) is 10.2 Å². The van der Waals surface area contributed by atoms with E-state index in [1.165, 1.54) is 19.3 Å². The average Bonchev–Trinajstić information content (AvgIpc) is 2.23. The number of hydrogen-bond donors (Lipinski definition) is 1. The summed E-state index contributed by atoms with van der Waals surface area (Å²) in [6.45, 7) is 0. The van der Waals surface area contributed by atoms with Gasteiger partial charge in [-0.05, 0) is 31.4 Å². The van der Waals surface area contributed by atoms with Gasteiger partial charge in [-0.15, -0.1) is 0 Å². The van der Waals surface area contributed by atoms with Crippen molar-refractivity contribution in [2.75, 3.05) is 5.73 Å². The highest BCUT2D eigenvalue weighted by atomic mass is 32.2. The van der Waals surface area contributed by atoms with E-state index in [0.29, 0.717) is 5.25 Å². The number of nitrogen functional groups attached to an aromatic ring is 1. The second-order valence-electron chi connectivity index (χ2n) is 3.45. The zero-order valence-electron chi connectivity index (χ0n) is 8.02. The second-order valence-corrected chi connectivity index (χ2v) is 4.70. The second kappa shape index (κ2) is 4.51. The van der Waals surface area contributed by atoms with E-state index in [-0.39, 0.29) is 0 Å². The Morgan fingerprint density at radius 3 is 3.00 bits per heavy atom. The van der Waals surface area contributed by atoms with E-state index >= 15 is 0 Å². The Hall–Kier alpha value is -0.960. The molecular weight excluding hydrogens is 192 g/mol. The Kier molecular flexibility index (Phi) is 3.09. The number of aromatic nitrogens is 1. The van der Waals surface area contributed by atoms with Crippen molar-refractivity contribution in [2.24, 2.45) is 0 Å². The van der Waals surface area contributed by atoms with Crippen molar-refractivity contribution >= 4 is 17.4 Å². The van der Waals surface area contributed by atoms with Gasteiger partial charge in [0.05, 0.1) is 16.9 Å². The largest absolute Gasteiger partial charge is 0.397 e. The number of pyridine rings is 1. The first-order valence-electron chi connectivity index (χ1n) is 4.89. The van der Waals surface area contributed by atoms with Gasteiger partial charge in [-0.1, -0.05) is 23.9 Å². The summed E-state index contributed by atoms with van der Waals surface area (Å²) in [6.07, 6.45) is 10.0. The molecule has 14 heavy (non-hydrogen) atoms. The summed E-state index contributed by atoms with van der Waals surface area (Å²) in [5.41, 5.74) is 6.30. The lowest BCUT2D eigenvalue weighted by Gasteiger charge is -2.14. The van der Waals surface area contributed by atoms with E-state index in [4.69, 9.17) is 5.73 Å². The van der Waals surface area contributed by atoms with Gasteiger partial charge in [-0.25, -0.2) is 4.98 Å². The number of thioether (sulfide) groups is 1. The molecule has 0 saturated carbocycles. The molecule has 3 heteroatoms. The maximum atomic E-state index is 5.57. The SMILES string of the molecule is Nc1ccc(SC2C=CCCC2)nc1. The van der Waals surface area contributed by atoms with Gasteiger partial charge in [-0.3, -0.25) is 0 Å². The Bertz CT molecular complexity index is 319. The van der Waals surface area contributed by atoms with Crippen LogP contribution >= 0.6 is 11.8 Å². The molecule has 1 atom stereocenters. The first-order chi connectivity index (χ1) is 6.84. The van der Waals surface area contributed by atoms with E-state index in [2.05, 4.69) is 17.1 Å². The van der Waals surface area contributed by atoms with E-state index in [1.54, 1.807) is 6.20 Å². The smallest absolute Gasteiger partial charge is 0.0967 e. The monoisotopic (exact) mass is 206 g/mol. The quantitative estimate of drug-likeness (QED) is 0.756. The van der Waals surface area contributed by atoms with Gasteiger partial charge in [0.25, 0.3) is 0 Å². The Labute approximate surface area is 88.6 Å². The van der Waals surface area contributed by atoms with E-state index in [0.717, 1.165) is 10.7 Å². The van der Waals surface area contributed by atoms with Crippen LogP contribution in [0, 0.1) is 0 Å². The maximum absolute atomic E-state index is 5.57. The summed E-state index contributed by atoms with van der Waals surface area (Å²) in [7, 11) is 0. The summed E-state index contributed by atoms with van der Waals surface area (Å²) < 4.78 is 0. The lowest BCUT2D eigenvalue weighted by molar-refractivity contribution is 0.740. The van der Waals surface area contributed by atoms with Crippen LogP contribution < -0.4 is 5.73 Å². The number of nitrogens with two attached hydrogens (primary N) is 1. The molecule has 0 aliphatic heterocycles. The molecule has 0 aromatic carbocycles. The molecule has 0 bridgehead atoms. The molecule has 2 rings (SSSR count). The molecule has 1 heterocycles. The lowest BCUT2D eigenvalue weighted by atomic mass is 10.1. The fraction of sp³-hybridized carbons (Fsp3) is 0.364. The Balaban J connectivity index is 1.99. The molecule has 0 fully saturated rings. The number of rotatable bonds is 2. The minimum Gasteiger partial charge on any atom is -0.397 e. The third kappa shape index (κ3) is 2.51. The van der Waals surface area contributed by atoms with E-state index in [1.807, 2.05) is 23.9 Å². The highest BCUT2D eigenvalue weighted by molar-refractivity contribution is 8.00. The van der Waals surface area contributed by atoms with Gasteiger partial charge >= 0.3 is 0 Å². The van der Waals surface area contributed by atoms with Gasteiger partial charge in [0, 0.05) is 5.25 Å². The molecule has 1 aromatic heterocycles. The molecule has 0 spiro atoms. The fourth-order valence-corrected chi connectivity index (χ4v) is 2.54.